The maximum Gasteiger partial charge on any atom is 0.251 e. The van der Waals surface area contributed by atoms with Crippen molar-refractivity contribution < 1.29 is 9.59 Å². The highest BCUT2D eigenvalue weighted by atomic mass is 16.2. The highest BCUT2D eigenvalue weighted by Crippen LogP contribution is 2.07. The Morgan fingerprint density at radius 1 is 0.857 bits per heavy atom. The van der Waals surface area contributed by atoms with E-state index < -0.39 is 0 Å². The molecule has 5 nitrogen and oxygen atoms in total. The average molecular weight is 380 g/mol. The molecule has 0 atom stereocenters. The van der Waals surface area contributed by atoms with Gasteiger partial charge in [-0.2, -0.15) is 0 Å². The topological polar surface area (TPSA) is 52.7 Å². The number of amides is 2. The van der Waals surface area contributed by atoms with E-state index in [4.69, 9.17) is 0 Å². The van der Waals surface area contributed by atoms with Gasteiger partial charge in [-0.1, -0.05) is 48.5 Å². The summed E-state index contributed by atoms with van der Waals surface area (Å²) in [5, 5.41) is 2.88. The van der Waals surface area contributed by atoms with Gasteiger partial charge in [0.2, 0.25) is 5.91 Å². The summed E-state index contributed by atoms with van der Waals surface area (Å²) >= 11 is 0. The SMILES string of the molecule is O=C(NCCCC(=O)N1CCN(CCc2ccccc2)CC1)c1ccccc1. The Bertz CT molecular complexity index is 741. The molecule has 0 radical (unpaired) electrons. The molecule has 0 spiro atoms. The summed E-state index contributed by atoms with van der Waals surface area (Å²) in [5.41, 5.74) is 2.01. The van der Waals surface area contributed by atoms with Gasteiger partial charge < -0.3 is 10.2 Å². The lowest BCUT2D eigenvalue weighted by molar-refractivity contribution is -0.133. The minimum atomic E-state index is -0.0833. The molecule has 1 aliphatic heterocycles. The van der Waals surface area contributed by atoms with E-state index in [1.165, 1.54) is 5.56 Å². The van der Waals surface area contributed by atoms with Crippen LogP contribution in [0, 0.1) is 0 Å². The minimum absolute atomic E-state index is 0.0833. The van der Waals surface area contributed by atoms with Crippen molar-refractivity contribution in [2.45, 2.75) is 19.3 Å². The third-order valence-corrected chi connectivity index (χ3v) is 5.17. The average Bonchev–Trinajstić information content (AvgIpc) is 2.76. The van der Waals surface area contributed by atoms with Crippen molar-refractivity contribution in [2.75, 3.05) is 39.3 Å². The number of carbonyl (C=O) groups is 2. The Balaban J connectivity index is 1.29. The third-order valence-electron chi connectivity index (χ3n) is 5.17. The summed E-state index contributed by atoms with van der Waals surface area (Å²) < 4.78 is 0. The first-order valence-corrected chi connectivity index (χ1v) is 10.1. The lowest BCUT2D eigenvalue weighted by Crippen LogP contribution is -2.49. The molecule has 148 valence electrons. The van der Waals surface area contributed by atoms with Crippen LogP contribution in [-0.4, -0.2) is 60.9 Å². The Kier molecular flexibility index (Phi) is 7.62. The molecular weight excluding hydrogens is 350 g/mol. The van der Waals surface area contributed by atoms with E-state index >= 15 is 0 Å². The fraction of sp³-hybridized carbons (Fsp3) is 0.391. The number of nitrogens with one attached hydrogen (secondary N) is 1. The highest BCUT2D eigenvalue weighted by Gasteiger charge is 2.20. The Hall–Kier alpha value is -2.66. The number of hydrogen-bond acceptors (Lipinski definition) is 3. The van der Waals surface area contributed by atoms with Gasteiger partial charge in [-0.15, -0.1) is 0 Å². The zero-order valence-corrected chi connectivity index (χ0v) is 16.3. The van der Waals surface area contributed by atoms with Crippen LogP contribution < -0.4 is 5.32 Å². The van der Waals surface area contributed by atoms with Gasteiger partial charge >= 0.3 is 0 Å². The van der Waals surface area contributed by atoms with Crippen molar-refractivity contribution in [3.63, 3.8) is 0 Å². The second kappa shape index (κ2) is 10.6. The van der Waals surface area contributed by atoms with E-state index in [1.54, 1.807) is 12.1 Å². The summed E-state index contributed by atoms with van der Waals surface area (Å²) in [6.45, 7) is 5.02. The predicted octanol–water partition coefficient (Wildman–Crippen LogP) is 2.58. The molecule has 28 heavy (non-hydrogen) atoms. The van der Waals surface area contributed by atoms with Gasteiger partial charge in [0.15, 0.2) is 0 Å². The van der Waals surface area contributed by atoms with Gasteiger partial charge in [0.25, 0.3) is 5.91 Å². The van der Waals surface area contributed by atoms with Crippen molar-refractivity contribution in [2.24, 2.45) is 0 Å². The number of piperazine rings is 1. The monoisotopic (exact) mass is 379 g/mol. The van der Waals surface area contributed by atoms with Crippen molar-refractivity contribution in [3.8, 4) is 0 Å². The first kappa shape index (κ1) is 20.1. The molecular formula is C23H29N3O2. The molecule has 1 N–H and O–H groups in total. The quantitative estimate of drug-likeness (QED) is 0.718. The van der Waals surface area contributed by atoms with Gasteiger partial charge in [0, 0.05) is 51.3 Å². The summed E-state index contributed by atoms with van der Waals surface area (Å²) in [5.74, 6) is 0.108. The van der Waals surface area contributed by atoms with Crippen LogP contribution in [0.3, 0.4) is 0 Å². The van der Waals surface area contributed by atoms with Crippen LogP contribution in [0.1, 0.15) is 28.8 Å². The van der Waals surface area contributed by atoms with Gasteiger partial charge in [0.1, 0.15) is 0 Å². The number of rotatable bonds is 8. The Labute approximate surface area is 167 Å². The van der Waals surface area contributed by atoms with E-state index in [0.29, 0.717) is 24.9 Å². The van der Waals surface area contributed by atoms with Gasteiger partial charge in [-0.25, -0.2) is 0 Å². The van der Waals surface area contributed by atoms with Gasteiger partial charge in [-0.05, 0) is 30.5 Å². The molecule has 0 bridgehead atoms. The Morgan fingerprint density at radius 3 is 2.18 bits per heavy atom. The molecule has 2 aromatic carbocycles. The lowest BCUT2D eigenvalue weighted by Gasteiger charge is -2.34. The van der Waals surface area contributed by atoms with Crippen LogP contribution in [0.25, 0.3) is 0 Å². The minimum Gasteiger partial charge on any atom is -0.352 e. The fourth-order valence-electron chi connectivity index (χ4n) is 3.44. The molecule has 0 aliphatic carbocycles. The molecule has 1 fully saturated rings. The molecule has 0 saturated carbocycles. The first-order chi connectivity index (χ1) is 13.7. The van der Waals surface area contributed by atoms with E-state index in [2.05, 4.69) is 34.5 Å². The lowest BCUT2D eigenvalue weighted by atomic mass is 10.1. The normalized spacial score (nSPS) is 14.6. The Morgan fingerprint density at radius 2 is 1.50 bits per heavy atom. The number of hydrogen-bond donors (Lipinski definition) is 1. The maximum absolute atomic E-state index is 12.4. The first-order valence-electron chi connectivity index (χ1n) is 10.1. The second-order valence-corrected chi connectivity index (χ2v) is 7.18. The molecule has 0 unspecified atom stereocenters. The molecule has 3 rings (SSSR count). The largest absolute Gasteiger partial charge is 0.352 e. The zero-order chi connectivity index (χ0) is 19.6. The number of nitrogens with zero attached hydrogens (tertiary/aromatic N) is 2. The van der Waals surface area contributed by atoms with Crippen LogP contribution >= 0.6 is 0 Å². The maximum atomic E-state index is 12.4. The van der Waals surface area contributed by atoms with Crippen LogP contribution in [-0.2, 0) is 11.2 Å². The molecule has 1 saturated heterocycles. The highest BCUT2D eigenvalue weighted by molar-refractivity contribution is 5.94. The van der Waals surface area contributed by atoms with Crippen molar-refractivity contribution in [1.29, 1.82) is 0 Å². The molecule has 0 aromatic heterocycles. The van der Waals surface area contributed by atoms with Crippen LogP contribution in [0.4, 0.5) is 0 Å². The van der Waals surface area contributed by atoms with Crippen molar-refractivity contribution in [3.05, 3.63) is 71.8 Å². The number of carbonyl (C=O) groups excluding carboxylic acids is 2. The zero-order valence-electron chi connectivity index (χ0n) is 16.3. The summed E-state index contributed by atoms with van der Waals surface area (Å²) in [6, 6.07) is 19.7. The van der Waals surface area contributed by atoms with Gasteiger partial charge in [-0.3, -0.25) is 14.5 Å². The van der Waals surface area contributed by atoms with Gasteiger partial charge in [0.05, 0.1) is 0 Å². The van der Waals surface area contributed by atoms with Crippen LogP contribution in [0.15, 0.2) is 60.7 Å². The van der Waals surface area contributed by atoms with E-state index in [1.807, 2.05) is 29.2 Å². The molecule has 2 aromatic rings. The smallest absolute Gasteiger partial charge is 0.251 e. The summed E-state index contributed by atoms with van der Waals surface area (Å²) in [7, 11) is 0. The second-order valence-electron chi connectivity index (χ2n) is 7.18. The van der Waals surface area contributed by atoms with Crippen molar-refractivity contribution >= 4 is 11.8 Å². The molecule has 5 heteroatoms. The number of benzene rings is 2. The van der Waals surface area contributed by atoms with Crippen LogP contribution in [0.5, 0.6) is 0 Å². The van der Waals surface area contributed by atoms with E-state index in [0.717, 1.165) is 39.1 Å². The summed E-state index contributed by atoms with van der Waals surface area (Å²) in [6.07, 6.45) is 2.21. The molecule has 2 amide bonds. The standard InChI is InChI=1S/C23H29N3O2/c27-22(12-7-14-24-23(28)21-10-5-2-6-11-21)26-18-16-25(17-19-26)15-13-20-8-3-1-4-9-20/h1-6,8-11H,7,12-19H2,(H,24,28). The molecule has 1 aliphatic rings. The predicted molar refractivity (Wildman–Crippen MR) is 111 cm³/mol. The summed E-state index contributed by atoms with van der Waals surface area (Å²) in [4.78, 5) is 28.8. The van der Waals surface area contributed by atoms with E-state index in [9.17, 15) is 9.59 Å². The fourth-order valence-corrected chi connectivity index (χ4v) is 3.44. The van der Waals surface area contributed by atoms with Crippen molar-refractivity contribution in [1.82, 2.24) is 15.1 Å². The third kappa shape index (κ3) is 6.20. The van der Waals surface area contributed by atoms with Crippen LogP contribution in [0.2, 0.25) is 0 Å². The van der Waals surface area contributed by atoms with E-state index in [-0.39, 0.29) is 11.8 Å². The molecule has 1 heterocycles.